The van der Waals surface area contributed by atoms with Crippen molar-refractivity contribution in [1.82, 2.24) is 0 Å². The molecule has 0 N–H and O–H groups in total. The molecule has 1 nitrogen and oxygen atoms in total. The minimum atomic E-state index is -0.307. The molecule has 0 heterocycles. The van der Waals surface area contributed by atoms with E-state index in [1.807, 2.05) is 6.07 Å². The first kappa shape index (κ1) is 14.5. The molecule has 1 unspecified atom stereocenters. The third kappa shape index (κ3) is 3.16. The van der Waals surface area contributed by atoms with Crippen LogP contribution in [0.4, 0.5) is 8.78 Å². The van der Waals surface area contributed by atoms with Gasteiger partial charge in [-0.25, -0.2) is 8.78 Å². The second-order valence-corrected chi connectivity index (χ2v) is 4.78. The van der Waals surface area contributed by atoms with Crippen LogP contribution >= 0.6 is 0 Å². The highest BCUT2D eigenvalue weighted by molar-refractivity contribution is 5.42. The lowest BCUT2D eigenvalue weighted by molar-refractivity contribution is 0.405. The van der Waals surface area contributed by atoms with E-state index in [1.165, 1.54) is 24.3 Å². The topological polar surface area (TPSA) is 9.23 Å². The van der Waals surface area contributed by atoms with E-state index in [9.17, 15) is 8.78 Å². The second-order valence-electron chi connectivity index (χ2n) is 4.78. The normalized spacial score (nSPS) is 12.2. The van der Waals surface area contributed by atoms with Gasteiger partial charge in [0.1, 0.15) is 17.4 Å². The minimum Gasteiger partial charge on any atom is -0.496 e. The lowest BCUT2D eigenvalue weighted by Crippen LogP contribution is -2.04. The van der Waals surface area contributed by atoms with E-state index in [2.05, 4.69) is 6.92 Å². The van der Waals surface area contributed by atoms with Crippen molar-refractivity contribution in [3.63, 3.8) is 0 Å². The number of benzene rings is 2. The molecule has 20 heavy (non-hydrogen) atoms. The molecule has 0 fully saturated rings. The van der Waals surface area contributed by atoms with Gasteiger partial charge >= 0.3 is 0 Å². The Hall–Kier alpha value is -1.90. The summed E-state index contributed by atoms with van der Waals surface area (Å²) in [6.45, 7) is 2.05. The van der Waals surface area contributed by atoms with Crippen molar-refractivity contribution >= 4 is 0 Å². The van der Waals surface area contributed by atoms with E-state index in [0.29, 0.717) is 5.75 Å². The highest BCUT2D eigenvalue weighted by Crippen LogP contribution is 2.35. The number of halogens is 2. The standard InChI is InChI=1S/C17H18F2O/c1-3-5-15(12-6-4-7-13(18)10-12)16-11-14(19)8-9-17(16)20-2/h4,6-11,15H,3,5H2,1-2H3. The summed E-state index contributed by atoms with van der Waals surface area (Å²) in [5.41, 5.74) is 1.61. The Morgan fingerprint density at radius 1 is 1.05 bits per heavy atom. The van der Waals surface area contributed by atoms with Crippen LogP contribution in [0, 0.1) is 11.6 Å². The molecular formula is C17H18F2O. The monoisotopic (exact) mass is 276 g/mol. The molecule has 0 aliphatic carbocycles. The number of methoxy groups -OCH3 is 1. The summed E-state index contributed by atoms with van der Waals surface area (Å²) >= 11 is 0. The summed E-state index contributed by atoms with van der Waals surface area (Å²) in [4.78, 5) is 0. The predicted octanol–water partition coefficient (Wildman–Crippen LogP) is 4.91. The maximum atomic E-state index is 13.5. The lowest BCUT2D eigenvalue weighted by atomic mass is 9.87. The Labute approximate surface area is 118 Å². The first-order valence-corrected chi connectivity index (χ1v) is 6.74. The van der Waals surface area contributed by atoms with Gasteiger partial charge in [-0.2, -0.15) is 0 Å². The molecule has 2 aromatic rings. The Kier molecular flexibility index (Phi) is 4.72. The molecule has 0 aliphatic rings. The van der Waals surface area contributed by atoms with Crippen LogP contribution < -0.4 is 4.74 Å². The predicted molar refractivity (Wildman–Crippen MR) is 76.1 cm³/mol. The molecule has 0 saturated heterocycles. The third-order valence-corrected chi connectivity index (χ3v) is 3.40. The van der Waals surface area contributed by atoms with Crippen molar-refractivity contribution < 1.29 is 13.5 Å². The first-order chi connectivity index (χ1) is 9.65. The molecule has 2 rings (SSSR count). The van der Waals surface area contributed by atoms with Crippen LogP contribution in [0.25, 0.3) is 0 Å². The van der Waals surface area contributed by atoms with Crippen molar-refractivity contribution in [2.75, 3.05) is 7.11 Å². The van der Waals surface area contributed by atoms with Crippen molar-refractivity contribution in [3.05, 3.63) is 65.2 Å². The summed E-state index contributed by atoms with van der Waals surface area (Å²) in [7, 11) is 1.56. The van der Waals surface area contributed by atoms with E-state index >= 15 is 0 Å². The van der Waals surface area contributed by atoms with Crippen LogP contribution in [0.1, 0.15) is 36.8 Å². The average Bonchev–Trinajstić information content (AvgIpc) is 2.44. The quantitative estimate of drug-likeness (QED) is 0.754. The van der Waals surface area contributed by atoms with E-state index in [4.69, 9.17) is 4.74 Å². The molecule has 1 atom stereocenters. The summed E-state index contributed by atoms with van der Waals surface area (Å²) in [6, 6.07) is 10.9. The Bertz CT molecular complexity index is 581. The van der Waals surface area contributed by atoms with Gasteiger partial charge in [0.2, 0.25) is 0 Å². The maximum absolute atomic E-state index is 13.5. The van der Waals surface area contributed by atoms with E-state index in [0.717, 1.165) is 24.0 Å². The van der Waals surface area contributed by atoms with Crippen LogP contribution in [0.3, 0.4) is 0 Å². The summed E-state index contributed by atoms with van der Waals surface area (Å²) in [5, 5.41) is 0. The minimum absolute atomic E-state index is 0.0682. The van der Waals surface area contributed by atoms with Gasteiger partial charge in [-0.1, -0.05) is 25.5 Å². The highest BCUT2D eigenvalue weighted by atomic mass is 19.1. The smallest absolute Gasteiger partial charge is 0.123 e. The molecule has 0 aliphatic heterocycles. The van der Waals surface area contributed by atoms with Crippen LogP contribution in [-0.2, 0) is 0 Å². The molecule has 0 amide bonds. The zero-order valence-electron chi connectivity index (χ0n) is 11.7. The number of hydrogen-bond donors (Lipinski definition) is 0. The molecule has 0 radical (unpaired) electrons. The molecule has 2 aromatic carbocycles. The fourth-order valence-electron chi connectivity index (χ4n) is 2.49. The third-order valence-electron chi connectivity index (χ3n) is 3.40. The molecule has 0 aromatic heterocycles. The number of ether oxygens (including phenoxy) is 1. The molecule has 106 valence electrons. The molecule has 0 bridgehead atoms. The molecule has 3 heteroatoms. The Balaban J connectivity index is 2.50. The number of rotatable bonds is 5. The SMILES string of the molecule is CCCC(c1cccc(F)c1)c1cc(F)ccc1OC. The van der Waals surface area contributed by atoms with Gasteiger partial charge < -0.3 is 4.74 Å². The van der Waals surface area contributed by atoms with Gasteiger partial charge in [0, 0.05) is 11.5 Å². The maximum Gasteiger partial charge on any atom is 0.123 e. The van der Waals surface area contributed by atoms with Crippen molar-refractivity contribution in [1.29, 1.82) is 0 Å². The van der Waals surface area contributed by atoms with E-state index in [1.54, 1.807) is 19.2 Å². The zero-order valence-corrected chi connectivity index (χ0v) is 11.7. The van der Waals surface area contributed by atoms with E-state index < -0.39 is 0 Å². The van der Waals surface area contributed by atoms with Crippen molar-refractivity contribution in [2.24, 2.45) is 0 Å². The van der Waals surface area contributed by atoms with Crippen LogP contribution in [0.2, 0.25) is 0 Å². The fraction of sp³-hybridized carbons (Fsp3) is 0.294. The Morgan fingerprint density at radius 2 is 1.80 bits per heavy atom. The van der Waals surface area contributed by atoms with Crippen molar-refractivity contribution in [2.45, 2.75) is 25.7 Å². The van der Waals surface area contributed by atoms with Gasteiger partial charge in [-0.3, -0.25) is 0 Å². The summed E-state index contributed by atoms with van der Waals surface area (Å²) in [5.74, 6) is -0.0206. The molecule has 0 saturated carbocycles. The molecule has 0 spiro atoms. The van der Waals surface area contributed by atoms with Gasteiger partial charge in [0.15, 0.2) is 0 Å². The number of hydrogen-bond acceptors (Lipinski definition) is 1. The van der Waals surface area contributed by atoms with Gasteiger partial charge in [-0.05, 0) is 42.3 Å². The zero-order chi connectivity index (χ0) is 14.5. The van der Waals surface area contributed by atoms with Gasteiger partial charge in [0.25, 0.3) is 0 Å². The van der Waals surface area contributed by atoms with Gasteiger partial charge in [-0.15, -0.1) is 0 Å². The molecular weight excluding hydrogens is 258 g/mol. The van der Waals surface area contributed by atoms with Crippen molar-refractivity contribution in [3.8, 4) is 5.75 Å². The van der Waals surface area contributed by atoms with Crippen LogP contribution in [0.15, 0.2) is 42.5 Å². The summed E-state index contributed by atoms with van der Waals surface area (Å²) in [6.07, 6.45) is 1.73. The summed E-state index contributed by atoms with van der Waals surface area (Å²) < 4.78 is 32.3. The van der Waals surface area contributed by atoms with Crippen LogP contribution in [0.5, 0.6) is 5.75 Å². The Morgan fingerprint density at radius 3 is 2.45 bits per heavy atom. The average molecular weight is 276 g/mol. The second kappa shape index (κ2) is 6.51. The highest BCUT2D eigenvalue weighted by Gasteiger charge is 2.18. The largest absolute Gasteiger partial charge is 0.496 e. The fourth-order valence-corrected chi connectivity index (χ4v) is 2.49. The first-order valence-electron chi connectivity index (χ1n) is 6.74. The van der Waals surface area contributed by atoms with Gasteiger partial charge in [0.05, 0.1) is 7.11 Å². The lowest BCUT2D eigenvalue weighted by Gasteiger charge is -2.20. The van der Waals surface area contributed by atoms with Crippen LogP contribution in [-0.4, -0.2) is 7.11 Å². The van der Waals surface area contributed by atoms with E-state index in [-0.39, 0.29) is 17.6 Å².